The SMILES string of the molecule is CC[C@@H](O)[C@@H](OCc1ccccc1)[C@H](CO[C@H]1OC(COCc2ccccc2)[C@H](OCc2ccccc2)C(OCc2ccccc2)C1OCc1ccccc1)NC(=O)CCCCCCCCCCCNC(=O)OC(C)(C)C. The van der Waals surface area contributed by atoms with Crippen molar-refractivity contribution in [2.75, 3.05) is 19.8 Å². The van der Waals surface area contributed by atoms with Crippen LogP contribution < -0.4 is 10.6 Å². The van der Waals surface area contributed by atoms with E-state index in [-0.39, 0.29) is 51.6 Å². The molecule has 418 valence electrons. The molecule has 77 heavy (non-hydrogen) atoms. The van der Waals surface area contributed by atoms with Gasteiger partial charge >= 0.3 is 6.09 Å². The van der Waals surface area contributed by atoms with Gasteiger partial charge in [-0.1, -0.05) is 204 Å². The first-order chi connectivity index (χ1) is 37.5. The van der Waals surface area contributed by atoms with Gasteiger partial charge in [0.2, 0.25) is 5.91 Å². The number of ether oxygens (including phenoxy) is 8. The third-order valence-electron chi connectivity index (χ3n) is 13.4. The number of alkyl carbamates (subject to hydrolysis) is 1. The van der Waals surface area contributed by atoms with Gasteiger partial charge in [-0.3, -0.25) is 4.79 Å². The second-order valence-corrected chi connectivity index (χ2v) is 20.9. The van der Waals surface area contributed by atoms with E-state index in [1.54, 1.807) is 0 Å². The maximum atomic E-state index is 14.0. The van der Waals surface area contributed by atoms with E-state index in [1.807, 2.05) is 179 Å². The number of rotatable bonds is 35. The molecule has 0 saturated carbocycles. The van der Waals surface area contributed by atoms with Crippen molar-refractivity contribution in [2.45, 2.75) is 186 Å². The van der Waals surface area contributed by atoms with Crippen LogP contribution in [0, 0.1) is 0 Å². The summed E-state index contributed by atoms with van der Waals surface area (Å²) in [5.74, 6) is -0.151. The molecule has 8 atom stereocenters. The number of hydrogen-bond acceptors (Lipinski definition) is 11. The van der Waals surface area contributed by atoms with E-state index in [0.717, 1.165) is 85.6 Å². The van der Waals surface area contributed by atoms with Crippen LogP contribution >= 0.6 is 0 Å². The number of hydrogen-bond donors (Lipinski definition) is 3. The second kappa shape index (κ2) is 34.4. The van der Waals surface area contributed by atoms with E-state index < -0.39 is 54.6 Å². The van der Waals surface area contributed by atoms with E-state index in [9.17, 15) is 14.7 Å². The van der Waals surface area contributed by atoms with Crippen LogP contribution in [0.1, 0.15) is 126 Å². The molecule has 1 heterocycles. The van der Waals surface area contributed by atoms with Gasteiger partial charge < -0.3 is 53.6 Å². The summed E-state index contributed by atoms with van der Waals surface area (Å²) in [6, 6.07) is 48.9. The van der Waals surface area contributed by atoms with Crippen molar-refractivity contribution < 1.29 is 52.6 Å². The number of aliphatic hydroxyl groups excluding tert-OH is 1. The fourth-order valence-corrected chi connectivity index (χ4v) is 9.22. The molecule has 0 bridgehead atoms. The molecule has 1 aliphatic rings. The highest BCUT2D eigenvalue weighted by atomic mass is 16.7. The first-order valence-electron chi connectivity index (χ1n) is 28.0. The molecule has 13 nitrogen and oxygen atoms in total. The molecule has 13 heteroatoms. The Morgan fingerprint density at radius 1 is 0.558 bits per heavy atom. The van der Waals surface area contributed by atoms with Crippen LogP contribution in [-0.4, -0.2) is 91.4 Å². The van der Waals surface area contributed by atoms with E-state index in [4.69, 9.17) is 37.9 Å². The standard InChI is InChI=1S/C64H86N2O11/c1-5-55(67)58(71-43-50-32-20-14-21-33-50)54(66-57(68)40-28-11-9-7-6-8-10-12-29-41-65-63(69)77-64(2,3)4)47-75-62-61(74-46-53-38-26-17-27-39-53)60(73-45-52-36-24-16-25-37-52)59(72-44-51-34-22-15-23-35-51)56(76-62)48-70-42-49-30-18-13-19-31-49/h13-27,30-39,54-56,58-62,67H,5-12,28-29,40-48H2,1-4H3,(H,65,69)(H,66,68)/t54-,55+,56?,58-,59-,60?,61?,62-/m0/s1. The lowest BCUT2D eigenvalue weighted by atomic mass is 9.97. The first-order valence-corrected chi connectivity index (χ1v) is 28.0. The Morgan fingerprint density at radius 3 is 1.49 bits per heavy atom. The number of carbonyl (C=O) groups excluding carboxylic acids is 2. The van der Waals surface area contributed by atoms with Gasteiger partial charge in [-0.25, -0.2) is 4.79 Å². The third-order valence-corrected chi connectivity index (χ3v) is 13.4. The molecule has 3 N–H and O–H groups in total. The van der Waals surface area contributed by atoms with Gasteiger partial charge in [-0.15, -0.1) is 0 Å². The molecule has 1 aliphatic heterocycles. The van der Waals surface area contributed by atoms with Crippen LogP contribution in [0.5, 0.6) is 0 Å². The summed E-state index contributed by atoms with van der Waals surface area (Å²) in [5, 5.41) is 17.8. The van der Waals surface area contributed by atoms with Crippen LogP contribution in [0.15, 0.2) is 152 Å². The van der Waals surface area contributed by atoms with Gasteiger partial charge in [-0.05, 0) is 67.9 Å². The van der Waals surface area contributed by atoms with Crippen molar-refractivity contribution in [3.63, 3.8) is 0 Å². The highest BCUT2D eigenvalue weighted by Crippen LogP contribution is 2.32. The summed E-state index contributed by atoms with van der Waals surface area (Å²) in [6.45, 7) is 9.51. The lowest BCUT2D eigenvalue weighted by Crippen LogP contribution is -2.62. The third kappa shape index (κ3) is 23.2. The maximum absolute atomic E-state index is 14.0. The van der Waals surface area contributed by atoms with Crippen LogP contribution in [0.25, 0.3) is 0 Å². The average molecular weight is 1060 g/mol. The number of unbranched alkanes of at least 4 members (excludes halogenated alkanes) is 8. The molecule has 5 aromatic carbocycles. The topological polar surface area (TPSA) is 152 Å². The fraction of sp³-hybridized carbons (Fsp3) is 0.500. The lowest BCUT2D eigenvalue weighted by molar-refractivity contribution is -0.330. The minimum atomic E-state index is -1.04. The molecule has 6 rings (SSSR count). The number of carbonyl (C=O) groups is 2. The summed E-state index contributed by atoms with van der Waals surface area (Å²) in [7, 11) is 0. The van der Waals surface area contributed by atoms with Gasteiger partial charge in [0.25, 0.3) is 0 Å². The molecule has 0 spiro atoms. The maximum Gasteiger partial charge on any atom is 0.407 e. The molecule has 0 aromatic heterocycles. The predicted octanol–water partition coefficient (Wildman–Crippen LogP) is 12.0. The highest BCUT2D eigenvalue weighted by Gasteiger charge is 2.49. The van der Waals surface area contributed by atoms with Gasteiger partial charge in [-0.2, -0.15) is 0 Å². The monoisotopic (exact) mass is 1060 g/mol. The van der Waals surface area contributed by atoms with E-state index in [2.05, 4.69) is 10.6 Å². The molecule has 1 saturated heterocycles. The number of nitrogens with one attached hydrogen (secondary N) is 2. The molecule has 0 aliphatic carbocycles. The molecular weight excluding hydrogens is 973 g/mol. The van der Waals surface area contributed by atoms with Crippen molar-refractivity contribution in [2.24, 2.45) is 0 Å². The average Bonchev–Trinajstić information content (AvgIpc) is 3.46. The second-order valence-electron chi connectivity index (χ2n) is 20.9. The van der Waals surface area contributed by atoms with Crippen LogP contribution in [0.3, 0.4) is 0 Å². The highest BCUT2D eigenvalue weighted by molar-refractivity contribution is 5.76. The van der Waals surface area contributed by atoms with Crippen molar-refractivity contribution in [1.82, 2.24) is 10.6 Å². The van der Waals surface area contributed by atoms with E-state index in [1.165, 1.54) is 0 Å². The Labute approximate surface area is 458 Å². The van der Waals surface area contributed by atoms with Crippen LogP contribution in [0.4, 0.5) is 4.79 Å². The fourth-order valence-electron chi connectivity index (χ4n) is 9.22. The molecular formula is C64H86N2O11. The Kier molecular flexibility index (Phi) is 27.1. The smallest absolute Gasteiger partial charge is 0.407 e. The van der Waals surface area contributed by atoms with Crippen molar-refractivity contribution >= 4 is 12.0 Å². The molecule has 0 radical (unpaired) electrons. The zero-order valence-electron chi connectivity index (χ0n) is 46.0. The summed E-state index contributed by atoms with van der Waals surface area (Å²) < 4.78 is 53.0. The van der Waals surface area contributed by atoms with E-state index in [0.29, 0.717) is 26.0 Å². The normalized spacial score (nSPS) is 18.7. The number of aliphatic hydroxyl groups is 1. The summed E-state index contributed by atoms with van der Waals surface area (Å²) in [6.07, 6.45) is 3.71. The minimum absolute atomic E-state index is 0.0757. The molecule has 5 aromatic rings. The Bertz CT molecular complexity index is 2320. The van der Waals surface area contributed by atoms with Crippen LogP contribution in [-0.2, 0) is 75.7 Å². The van der Waals surface area contributed by atoms with E-state index >= 15 is 0 Å². The summed E-state index contributed by atoms with van der Waals surface area (Å²) >= 11 is 0. The van der Waals surface area contributed by atoms with Crippen molar-refractivity contribution in [3.8, 4) is 0 Å². The molecule has 2 amide bonds. The summed E-state index contributed by atoms with van der Waals surface area (Å²) in [5.41, 5.74) is 4.37. The van der Waals surface area contributed by atoms with Crippen molar-refractivity contribution in [1.29, 1.82) is 0 Å². The zero-order chi connectivity index (χ0) is 54.3. The zero-order valence-corrected chi connectivity index (χ0v) is 46.0. The quantitative estimate of drug-likeness (QED) is 0.0333. The van der Waals surface area contributed by atoms with Gasteiger partial charge in [0.1, 0.15) is 36.1 Å². The Hall–Kier alpha value is -5.48. The van der Waals surface area contributed by atoms with Crippen molar-refractivity contribution in [3.05, 3.63) is 179 Å². The number of benzene rings is 5. The Morgan fingerprint density at radius 2 is 1.00 bits per heavy atom. The first kappa shape index (κ1) is 60.7. The predicted molar refractivity (Wildman–Crippen MR) is 299 cm³/mol. The molecule has 3 unspecified atom stereocenters. The van der Waals surface area contributed by atoms with Gasteiger partial charge in [0, 0.05) is 13.0 Å². The Balaban J connectivity index is 1.18. The minimum Gasteiger partial charge on any atom is -0.444 e. The largest absolute Gasteiger partial charge is 0.444 e. The lowest BCUT2D eigenvalue weighted by Gasteiger charge is -2.46. The number of amides is 2. The van der Waals surface area contributed by atoms with Crippen LogP contribution in [0.2, 0.25) is 0 Å². The van der Waals surface area contributed by atoms with Gasteiger partial charge in [0.15, 0.2) is 6.29 Å². The van der Waals surface area contributed by atoms with Gasteiger partial charge in [0.05, 0.1) is 58.4 Å². The summed E-state index contributed by atoms with van der Waals surface area (Å²) in [4.78, 5) is 25.9. The molecule has 1 fully saturated rings.